The highest BCUT2D eigenvalue weighted by atomic mass is 35.5. The number of aromatic nitrogens is 1. The van der Waals surface area contributed by atoms with Crippen LogP contribution >= 0.6 is 35.2 Å². The van der Waals surface area contributed by atoms with Gasteiger partial charge in [0.1, 0.15) is 10.8 Å². The Kier molecular flexibility index (Phi) is 5.03. The average molecular weight is 414 g/mol. The predicted molar refractivity (Wildman–Crippen MR) is 116 cm³/mol. The molecule has 0 bridgehead atoms. The molecule has 4 aromatic rings. The lowest BCUT2D eigenvalue weighted by Crippen LogP contribution is -2.19. The molecule has 2 N–H and O–H groups in total. The molecule has 134 valence electrons. The minimum Gasteiger partial charge on any atom is -0.332 e. The molecule has 4 rings (SSSR count). The third kappa shape index (κ3) is 4.08. The smallest absolute Gasteiger partial charge is 0.175 e. The quantitative estimate of drug-likeness (QED) is 0.373. The minimum atomic E-state index is -0.468. The summed E-state index contributed by atoms with van der Waals surface area (Å²) in [6.07, 6.45) is 0. The summed E-state index contributed by atoms with van der Waals surface area (Å²) in [5, 5.41) is 7.50. The Morgan fingerprint density at radius 3 is 2.52 bits per heavy atom. The number of anilines is 2. The number of benzene rings is 3. The number of nitrogens with one attached hydrogen (secondary N) is 2. The van der Waals surface area contributed by atoms with E-state index >= 15 is 0 Å². The first-order valence-electron chi connectivity index (χ1n) is 8.07. The van der Waals surface area contributed by atoms with Crippen molar-refractivity contribution in [3.05, 3.63) is 77.6 Å². The number of fused-ring (bicyclic) bond motifs is 1. The number of rotatable bonds is 3. The van der Waals surface area contributed by atoms with Gasteiger partial charge in [0.15, 0.2) is 5.11 Å². The second-order valence-corrected chi connectivity index (χ2v) is 7.62. The van der Waals surface area contributed by atoms with Crippen LogP contribution in [-0.4, -0.2) is 10.1 Å². The lowest BCUT2D eigenvalue weighted by atomic mass is 10.2. The fourth-order valence-corrected chi connectivity index (χ4v) is 3.97. The van der Waals surface area contributed by atoms with Crippen LogP contribution in [0, 0.1) is 5.82 Å². The molecule has 27 heavy (non-hydrogen) atoms. The zero-order valence-electron chi connectivity index (χ0n) is 13.9. The zero-order chi connectivity index (χ0) is 18.8. The van der Waals surface area contributed by atoms with Crippen LogP contribution < -0.4 is 10.6 Å². The Morgan fingerprint density at radius 1 is 0.963 bits per heavy atom. The summed E-state index contributed by atoms with van der Waals surface area (Å²) in [6, 6.07) is 20.3. The fraction of sp³-hybridized carbons (Fsp3) is 0. The van der Waals surface area contributed by atoms with Gasteiger partial charge in [-0.2, -0.15) is 0 Å². The van der Waals surface area contributed by atoms with Gasteiger partial charge < -0.3 is 10.6 Å². The van der Waals surface area contributed by atoms with Crippen molar-refractivity contribution in [3.8, 4) is 10.6 Å². The van der Waals surface area contributed by atoms with E-state index in [9.17, 15) is 4.39 Å². The maximum absolute atomic E-state index is 13.3. The van der Waals surface area contributed by atoms with Gasteiger partial charge in [0.2, 0.25) is 0 Å². The number of thiocarbonyl (C=S) groups is 1. The SMILES string of the molecule is Fc1ccc(NC(=S)Nc2cccc(-c3nc4ccccc4s3)c2)cc1Cl. The second kappa shape index (κ2) is 7.60. The van der Waals surface area contributed by atoms with Gasteiger partial charge in [-0.1, -0.05) is 35.9 Å². The van der Waals surface area contributed by atoms with Crippen molar-refractivity contribution < 1.29 is 4.39 Å². The molecule has 0 unspecified atom stereocenters. The van der Waals surface area contributed by atoms with Crippen LogP contribution in [0.1, 0.15) is 0 Å². The van der Waals surface area contributed by atoms with Crippen LogP contribution in [0.3, 0.4) is 0 Å². The van der Waals surface area contributed by atoms with E-state index in [2.05, 4.69) is 21.7 Å². The van der Waals surface area contributed by atoms with E-state index < -0.39 is 5.82 Å². The third-order valence-corrected chi connectivity index (χ3v) is 5.42. The van der Waals surface area contributed by atoms with Crippen molar-refractivity contribution in [1.29, 1.82) is 0 Å². The van der Waals surface area contributed by atoms with Gasteiger partial charge in [0, 0.05) is 16.9 Å². The van der Waals surface area contributed by atoms with Gasteiger partial charge in [-0.05, 0) is 54.7 Å². The average Bonchev–Trinajstić information content (AvgIpc) is 3.09. The highest BCUT2D eigenvalue weighted by molar-refractivity contribution is 7.80. The normalized spacial score (nSPS) is 10.7. The van der Waals surface area contributed by atoms with E-state index in [4.69, 9.17) is 23.8 Å². The molecule has 0 aliphatic heterocycles. The largest absolute Gasteiger partial charge is 0.332 e. The van der Waals surface area contributed by atoms with Crippen molar-refractivity contribution in [3.63, 3.8) is 0 Å². The molecule has 0 amide bonds. The molecular formula is C20H13ClFN3S2. The molecule has 7 heteroatoms. The molecule has 0 saturated heterocycles. The number of hydrogen-bond acceptors (Lipinski definition) is 3. The summed E-state index contributed by atoms with van der Waals surface area (Å²) < 4.78 is 14.4. The number of thiazole rings is 1. The van der Waals surface area contributed by atoms with Crippen molar-refractivity contribution in [2.24, 2.45) is 0 Å². The van der Waals surface area contributed by atoms with Crippen LogP contribution in [0.15, 0.2) is 66.7 Å². The van der Waals surface area contributed by atoms with Crippen LogP contribution in [0.2, 0.25) is 5.02 Å². The molecule has 0 spiro atoms. The van der Waals surface area contributed by atoms with Crippen LogP contribution in [-0.2, 0) is 0 Å². The van der Waals surface area contributed by atoms with E-state index in [0.29, 0.717) is 10.8 Å². The number of halogens is 2. The lowest BCUT2D eigenvalue weighted by molar-refractivity contribution is 0.628. The lowest BCUT2D eigenvalue weighted by Gasteiger charge is -2.11. The van der Waals surface area contributed by atoms with Gasteiger partial charge in [-0.15, -0.1) is 11.3 Å². The monoisotopic (exact) mass is 413 g/mol. The summed E-state index contributed by atoms with van der Waals surface area (Å²) >= 11 is 12.8. The number of hydrogen-bond donors (Lipinski definition) is 2. The summed E-state index contributed by atoms with van der Waals surface area (Å²) in [7, 11) is 0. The maximum Gasteiger partial charge on any atom is 0.175 e. The Balaban J connectivity index is 1.51. The first kappa shape index (κ1) is 17.9. The second-order valence-electron chi connectivity index (χ2n) is 5.78. The Bertz CT molecular complexity index is 1110. The molecule has 3 nitrogen and oxygen atoms in total. The van der Waals surface area contributed by atoms with Gasteiger partial charge >= 0.3 is 0 Å². The Morgan fingerprint density at radius 2 is 1.74 bits per heavy atom. The molecule has 3 aromatic carbocycles. The van der Waals surface area contributed by atoms with E-state index in [0.717, 1.165) is 26.5 Å². The van der Waals surface area contributed by atoms with E-state index in [-0.39, 0.29) is 5.02 Å². The molecule has 0 aliphatic carbocycles. The standard InChI is InChI=1S/C20H13ClFN3S2/c21-15-11-14(8-9-16(15)22)24-20(26)23-13-5-3-4-12(10-13)19-25-17-6-1-2-7-18(17)27-19/h1-11H,(H2,23,24,26). The fourth-order valence-electron chi connectivity index (χ4n) is 2.59. The van der Waals surface area contributed by atoms with Gasteiger partial charge in [0.25, 0.3) is 0 Å². The summed E-state index contributed by atoms with van der Waals surface area (Å²) in [5.41, 5.74) is 3.44. The molecular weight excluding hydrogens is 401 g/mol. The zero-order valence-corrected chi connectivity index (χ0v) is 16.3. The molecule has 0 fully saturated rings. The van der Waals surface area contributed by atoms with Gasteiger partial charge in [0.05, 0.1) is 15.2 Å². The first-order chi connectivity index (χ1) is 13.1. The van der Waals surface area contributed by atoms with Crippen molar-refractivity contribution in [2.75, 3.05) is 10.6 Å². The van der Waals surface area contributed by atoms with E-state index in [1.807, 2.05) is 42.5 Å². The molecule has 0 saturated carbocycles. The molecule has 0 aliphatic rings. The van der Waals surface area contributed by atoms with Crippen molar-refractivity contribution in [1.82, 2.24) is 4.98 Å². The summed E-state index contributed by atoms with van der Waals surface area (Å²) in [5.74, 6) is -0.468. The summed E-state index contributed by atoms with van der Waals surface area (Å²) in [4.78, 5) is 4.68. The number of para-hydroxylation sites is 1. The minimum absolute atomic E-state index is 0.0423. The van der Waals surface area contributed by atoms with Gasteiger partial charge in [-0.25, -0.2) is 9.37 Å². The Hall–Kier alpha value is -2.54. The number of nitrogens with zero attached hydrogens (tertiary/aromatic N) is 1. The third-order valence-electron chi connectivity index (χ3n) is 3.84. The molecule has 0 atom stereocenters. The van der Waals surface area contributed by atoms with Crippen LogP contribution in [0.5, 0.6) is 0 Å². The summed E-state index contributed by atoms with van der Waals surface area (Å²) in [6.45, 7) is 0. The maximum atomic E-state index is 13.3. The highest BCUT2D eigenvalue weighted by Crippen LogP contribution is 2.31. The van der Waals surface area contributed by atoms with Gasteiger partial charge in [-0.3, -0.25) is 0 Å². The van der Waals surface area contributed by atoms with E-state index in [1.54, 1.807) is 17.4 Å². The van der Waals surface area contributed by atoms with Crippen LogP contribution in [0.4, 0.5) is 15.8 Å². The topological polar surface area (TPSA) is 37.0 Å². The predicted octanol–water partition coefficient (Wildman–Crippen LogP) is 6.56. The first-order valence-corrected chi connectivity index (χ1v) is 9.68. The molecule has 1 heterocycles. The van der Waals surface area contributed by atoms with Crippen molar-refractivity contribution >= 4 is 61.9 Å². The van der Waals surface area contributed by atoms with E-state index in [1.165, 1.54) is 12.1 Å². The van der Waals surface area contributed by atoms with Crippen molar-refractivity contribution in [2.45, 2.75) is 0 Å². The van der Waals surface area contributed by atoms with Crippen LogP contribution in [0.25, 0.3) is 20.8 Å². The molecule has 1 aromatic heterocycles. The molecule has 0 radical (unpaired) electrons. The Labute approximate surface area is 169 Å². The highest BCUT2D eigenvalue weighted by Gasteiger charge is 2.08.